The molecule has 2 aliphatic rings. The van der Waals surface area contributed by atoms with Crippen LogP contribution >= 0.6 is 0 Å². The van der Waals surface area contributed by atoms with E-state index in [2.05, 4.69) is 4.98 Å². The highest BCUT2D eigenvalue weighted by atomic mass is 16.5. The summed E-state index contributed by atoms with van der Waals surface area (Å²) in [5.41, 5.74) is 0.643. The number of amides is 2. The van der Waals surface area contributed by atoms with E-state index in [1.165, 1.54) is 0 Å². The molecule has 32 heavy (non-hydrogen) atoms. The fraction of sp³-hybridized carbons (Fsp3) is 0.591. The number of nitrogens with one attached hydrogen (secondary N) is 1. The SMILES string of the molecule is CCOC(=O)c1[nH]c(COC(=O)CN2C(=O)[C@H]3CCCC[C@H]3C2=O)c(C(=O)OCC)c1C. The first kappa shape index (κ1) is 23.5. The van der Waals surface area contributed by atoms with E-state index in [9.17, 15) is 24.0 Å². The predicted molar refractivity (Wildman–Crippen MR) is 109 cm³/mol. The van der Waals surface area contributed by atoms with Crippen LogP contribution in [0.5, 0.6) is 0 Å². The number of likely N-dealkylation sites (tertiary alicyclic amines) is 1. The Bertz CT molecular complexity index is 911. The summed E-state index contributed by atoms with van der Waals surface area (Å²) in [6, 6.07) is 0. The Morgan fingerprint density at radius 2 is 1.50 bits per heavy atom. The number of hydrogen-bond acceptors (Lipinski definition) is 8. The molecular formula is C22H28N2O8. The van der Waals surface area contributed by atoms with E-state index in [1.54, 1.807) is 20.8 Å². The lowest BCUT2D eigenvalue weighted by atomic mass is 9.81. The maximum absolute atomic E-state index is 12.5. The Hall–Kier alpha value is -3.17. The van der Waals surface area contributed by atoms with Gasteiger partial charge in [0.05, 0.1) is 36.3 Å². The molecule has 1 aliphatic carbocycles. The molecule has 3 rings (SSSR count). The summed E-state index contributed by atoms with van der Waals surface area (Å²) in [4.78, 5) is 65.8. The summed E-state index contributed by atoms with van der Waals surface area (Å²) in [6.45, 7) is 4.29. The predicted octanol–water partition coefficient (Wildman–Crippen LogP) is 1.89. The molecule has 1 saturated carbocycles. The third-order valence-electron chi connectivity index (χ3n) is 5.88. The zero-order valence-corrected chi connectivity index (χ0v) is 18.5. The molecule has 1 aliphatic heterocycles. The minimum Gasteiger partial charge on any atom is -0.462 e. The summed E-state index contributed by atoms with van der Waals surface area (Å²) >= 11 is 0. The second-order valence-electron chi connectivity index (χ2n) is 7.84. The smallest absolute Gasteiger partial charge is 0.355 e. The summed E-state index contributed by atoms with van der Waals surface area (Å²) in [5, 5.41) is 0. The normalized spacial score (nSPS) is 20.2. The number of ether oxygens (including phenoxy) is 3. The summed E-state index contributed by atoms with van der Waals surface area (Å²) in [7, 11) is 0. The fourth-order valence-electron chi connectivity index (χ4n) is 4.37. The van der Waals surface area contributed by atoms with Crippen molar-refractivity contribution in [2.75, 3.05) is 19.8 Å². The number of carbonyl (C=O) groups is 5. The number of aromatic amines is 1. The van der Waals surface area contributed by atoms with Crippen molar-refractivity contribution in [3.63, 3.8) is 0 Å². The van der Waals surface area contributed by atoms with Gasteiger partial charge >= 0.3 is 17.9 Å². The van der Waals surface area contributed by atoms with Crippen LogP contribution in [0.15, 0.2) is 0 Å². The Labute approximate surface area is 185 Å². The lowest BCUT2D eigenvalue weighted by Gasteiger charge is -2.19. The second kappa shape index (κ2) is 9.97. The van der Waals surface area contributed by atoms with Gasteiger partial charge in [0.15, 0.2) is 0 Å². The summed E-state index contributed by atoms with van der Waals surface area (Å²) < 4.78 is 15.3. The maximum Gasteiger partial charge on any atom is 0.355 e. The zero-order chi connectivity index (χ0) is 23.4. The van der Waals surface area contributed by atoms with Crippen molar-refractivity contribution in [1.82, 2.24) is 9.88 Å². The van der Waals surface area contributed by atoms with Crippen LogP contribution in [0, 0.1) is 18.8 Å². The van der Waals surface area contributed by atoms with E-state index in [-0.39, 0.29) is 60.4 Å². The van der Waals surface area contributed by atoms with E-state index in [4.69, 9.17) is 14.2 Å². The number of nitrogens with zero attached hydrogens (tertiary/aromatic N) is 1. The molecule has 2 atom stereocenters. The third-order valence-corrected chi connectivity index (χ3v) is 5.88. The van der Waals surface area contributed by atoms with Crippen LogP contribution in [0.2, 0.25) is 0 Å². The highest BCUT2D eigenvalue weighted by Crippen LogP contribution is 2.37. The van der Waals surface area contributed by atoms with Gasteiger partial charge in [-0.1, -0.05) is 12.8 Å². The van der Waals surface area contributed by atoms with Crippen LogP contribution in [0.3, 0.4) is 0 Å². The van der Waals surface area contributed by atoms with Crippen molar-refractivity contribution in [3.05, 3.63) is 22.5 Å². The molecule has 10 nitrogen and oxygen atoms in total. The van der Waals surface area contributed by atoms with E-state index < -0.39 is 24.5 Å². The van der Waals surface area contributed by atoms with Crippen molar-refractivity contribution < 1.29 is 38.2 Å². The van der Waals surface area contributed by atoms with Gasteiger partial charge in [-0.3, -0.25) is 19.3 Å². The van der Waals surface area contributed by atoms with Crippen LogP contribution in [-0.2, 0) is 35.2 Å². The zero-order valence-electron chi connectivity index (χ0n) is 18.5. The number of fused-ring (bicyclic) bond motifs is 1. The van der Waals surface area contributed by atoms with Crippen molar-refractivity contribution in [2.45, 2.75) is 53.1 Å². The molecule has 0 bridgehead atoms. The molecule has 2 amide bonds. The van der Waals surface area contributed by atoms with E-state index in [1.807, 2.05) is 0 Å². The van der Waals surface area contributed by atoms with Crippen molar-refractivity contribution in [1.29, 1.82) is 0 Å². The van der Waals surface area contributed by atoms with Gasteiger partial charge in [-0.25, -0.2) is 9.59 Å². The molecule has 1 saturated heterocycles. The lowest BCUT2D eigenvalue weighted by Crippen LogP contribution is -2.36. The van der Waals surface area contributed by atoms with Crippen LogP contribution in [0.1, 0.15) is 71.6 Å². The summed E-state index contributed by atoms with van der Waals surface area (Å²) in [6.07, 6.45) is 3.10. The first-order chi connectivity index (χ1) is 15.3. The van der Waals surface area contributed by atoms with Crippen molar-refractivity contribution >= 4 is 29.7 Å². The van der Waals surface area contributed by atoms with E-state index in [0.717, 1.165) is 17.7 Å². The number of aromatic nitrogens is 1. The van der Waals surface area contributed by atoms with Crippen LogP contribution < -0.4 is 0 Å². The van der Waals surface area contributed by atoms with Gasteiger partial charge in [0, 0.05) is 0 Å². The third kappa shape index (κ3) is 4.53. The standard InChI is InChI=1S/C22H28N2O8/c1-4-30-21(28)17-12(3)18(22(29)31-5-2)23-15(17)11-32-16(25)10-24-19(26)13-8-6-7-9-14(13)20(24)27/h13-14,23H,4-11H2,1-3H3/t13-,14+. The summed E-state index contributed by atoms with van der Waals surface area (Å²) in [5.74, 6) is -3.46. The maximum atomic E-state index is 12.5. The molecule has 2 heterocycles. The topological polar surface area (TPSA) is 132 Å². The molecular weight excluding hydrogens is 420 g/mol. The largest absolute Gasteiger partial charge is 0.462 e. The average Bonchev–Trinajstić information content (AvgIpc) is 3.22. The molecule has 0 radical (unpaired) electrons. The number of esters is 3. The van der Waals surface area contributed by atoms with E-state index in [0.29, 0.717) is 18.4 Å². The number of hydrogen-bond donors (Lipinski definition) is 1. The van der Waals surface area contributed by atoms with Gasteiger partial charge in [0.25, 0.3) is 0 Å². The highest BCUT2D eigenvalue weighted by molar-refractivity contribution is 6.07. The first-order valence-electron chi connectivity index (χ1n) is 10.9. The minimum atomic E-state index is -0.787. The van der Waals surface area contributed by atoms with Crippen LogP contribution in [0.25, 0.3) is 0 Å². The molecule has 0 unspecified atom stereocenters. The quantitative estimate of drug-likeness (QED) is 0.362. The van der Waals surface area contributed by atoms with Gasteiger partial charge in [-0.2, -0.15) is 0 Å². The number of imide groups is 1. The molecule has 174 valence electrons. The van der Waals surface area contributed by atoms with E-state index >= 15 is 0 Å². The van der Waals surface area contributed by atoms with Crippen LogP contribution in [-0.4, -0.2) is 59.4 Å². The molecule has 0 aromatic carbocycles. The second-order valence-corrected chi connectivity index (χ2v) is 7.84. The number of carbonyl (C=O) groups excluding carboxylic acids is 5. The number of H-pyrrole nitrogens is 1. The Kier molecular flexibility index (Phi) is 7.32. The Morgan fingerprint density at radius 1 is 0.938 bits per heavy atom. The Balaban J connectivity index is 1.71. The van der Waals surface area contributed by atoms with Gasteiger partial charge in [-0.05, 0) is 39.2 Å². The highest BCUT2D eigenvalue weighted by Gasteiger charge is 2.48. The van der Waals surface area contributed by atoms with Crippen LogP contribution in [0.4, 0.5) is 0 Å². The minimum absolute atomic E-state index is 0.0647. The van der Waals surface area contributed by atoms with Gasteiger partial charge in [0.1, 0.15) is 18.8 Å². The van der Waals surface area contributed by atoms with Crippen molar-refractivity contribution in [2.24, 2.45) is 11.8 Å². The molecule has 0 spiro atoms. The van der Waals surface area contributed by atoms with Gasteiger partial charge in [-0.15, -0.1) is 0 Å². The molecule has 1 N–H and O–H groups in total. The lowest BCUT2D eigenvalue weighted by molar-refractivity contribution is -0.153. The monoisotopic (exact) mass is 448 g/mol. The fourth-order valence-corrected chi connectivity index (χ4v) is 4.37. The molecule has 2 fully saturated rings. The van der Waals surface area contributed by atoms with Gasteiger partial charge in [0.2, 0.25) is 11.8 Å². The number of rotatable bonds is 8. The molecule has 10 heteroatoms. The molecule has 1 aromatic heterocycles. The van der Waals surface area contributed by atoms with Crippen molar-refractivity contribution in [3.8, 4) is 0 Å². The first-order valence-corrected chi connectivity index (χ1v) is 10.9. The molecule has 1 aromatic rings. The average molecular weight is 448 g/mol. The Morgan fingerprint density at radius 3 is 2.06 bits per heavy atom. The van der Waals surface area contributed by atoms with Gasteiger partial charge < -0.3 is 19.2 Å².